The fourth-order valence-electron chi connectivity index (χ4n) is 2.21. The summed E-state index contributed by atoms with van der Waals surface area (Å²) in [6.45, 7) is 2.60. The summed E-state index contributed by atoms with van der Waals surface area (Å²) < 4.78 is 5.90. The van der Waals surface area contributed by atoms with Crippen molar-refractivity contribution in [2.24, 2.45) is 5.73 Å². The Morgan fingerprint density at radius 3 is 2.67 bits per heavy atom. The minimum Gasteiger partial charge on any atom is -0.456 e. The topological polar surface area (TPSA) is 39.2 Å². The molecule has 0 bridgehead atoms. The van der Waals surface area contributed by atoms with Gasteiger partial charge in [0.15, 0.2) is 0 Å². The zero-order valence-electron chi connectivity index (χ0n) is 10.3. The highest BCUT2D eigenvalue weighted by Crippen LogP contribution is 2.30. The molecule has 0 spiro atoms. The molecule has 2 N–H and O–H groups in total. The Morgan fingerprint density at radius 1 is 1.06 bits per heavy atom. The lowest BCUT2D eigenvalue weighted by atomic mass is 10.0. The highest BCUT2D eigenvalue weighted by Gasteiger charge is 2.09. The summed E-state index contributed by atoms with van der Waals surface area (Å²) in [5, 5.41) is 1.12. The zero-order valence-corrected chi connectivity index (χ0v) is 10.3. The van der Waals surface area contributed by atoms with Gasteiger partial charge in [0.2, 0.25) is 0 Å². The number of furan rings is 1. The van der Waals surface area contributed by atoms with Gasteiger partial charge in [-0.15, -0.1) is 0 Å². The van der Waals surface area contributed by atoms with Crippen LogP contribution in [0.15, 0.2) is 52.9 Å². The molecular formula is C16H15NO. The van der Waals surface area contributed by atoms with Gasteiger partial charge >= 0.3 is 0 Å². The van der Waals surface area contributed by atoms with Crippen LogP contribution < -0.4 is 5.73 Å². The van der Waals surface area contributed by atoms with Crippen molar-refractivity contribution in [1.82, 2.24) is 0 Å². The smallest absolute Gasteiger partial charge is 0.135 e. The lowest BCUT2D eigenvalue weighted by Crippen LogP contribution is -1.98. The molecule has 2 nitrogen and oxygen atoms in total. The Kier molecular flexibility index (Phi) is 2.65. The molecule has 2 heteroatoms. The first-order valence-corrected chi connectivity index (χ1v) is 6.06. The van der Waals surface area contributed by atoms with Crippen LogP contribution in [0.25, 0.3) is 22.3 Å². The molecule has 1 aromatic heterocycles. The molecule has 0 saturated carbocycles. The van der Waals surface area contributed by atoms with Crippen molar-refractivity contribution in [1.29, 1.82) is 0 Å². The molecular weight excluding hydrogens is 222 g/mol. The van der Waals surface area contributed by atoms with Gasteiger partial charge in [-0.1, -0.05) is 35.9 Å². The number of hydrogen-bond acceptors (Lipinski definition) is 2. The number of hydrogen-bond donors (Lipinski definition) is 1. The van der Waals surface area contributed by atoms with Crippen LogP contribution in [-0.4, -0.2) is 0 Å². The second-order valence-electron chi connectivity index (χ2n) is 4.51. The second kappa shape index (κ2) is 4.31. The standard InChI is InChI=1S/C16H15NO/c1-11-6-7-13(10-17)14(8-11)16-9-12-4-2-3-5-15(12)18-16/h2-9H,10,17H2,1H3. The maximum atomic E-state index is 5.90. The van der Waals surface area contributed by atoms with Crippen molar-refractivity contribution < 1.29 is 4.42 Å². The number of benzene rings is 2. The van der Waals surface area contributed by atoms with E-state index in [9.17, 15) is 0 Å². The van der Waals surface area contributed by atoms with Gasteiger partial charge < -0.3 is 10.2 Å². The lowest BCUT2D eigenvalue weighted by molar-refractivity contribution is 0.630. The van der Waals surface area contributed by atoms with Gasteiger partial charge in [-0.05, 0) is 30.7 Å². The molecule has 1 heterocycles. The summed E-state index contributed by atoms with van der Waals surface area (Å²) >= 11 is 0. The summed E-state index contributed by atoms with van der Waals surface area (Å²) in [5.74, 6) is 0.889. The maximum absolute atomic E-state index is 5.90. The molecule has 2 aromatic carbocycles. The Balaban J connectivity index is 2.22. The van der Waals surface area contributed by atoms with Crippen molar-refractivity contribution in [3.63, 3.8) is 0 Å². The van der Waals surface area contributed by atoms with Crippen molar-refractivity contribution >= 4 is 11.0 Å². The molecule has 0 amide bonds. The number of fused-ring (bicyclic) bond motifs is 1. The lowest BCUT2D eigenvalue weighted by Gasteiger charge is -2.05. The third-order valence-corrected chi connectivity index (χ3v) is 3.18. The molecule has 90 valence electrons. The van der Waals surface area contributed by atoms with E-state index in [-0.39, 0.29) is 0 Å². The van der Waals surface area contributed by atoms with E-state index in [2.05, 4.69) is 37.3 Å². The Hall–Kier alpha value is -2.06. The molecule has 3 aromatic rings. The van der Waals surface area contributed by atoms with Gasteiger partial charge in [-0.25, -0.2) is 0 Å². The highest BCUT2D eigenvalue weighted by molar-refractivity contribution is 5.83. The summed E-state index contributed by atoms with van der Waals surface area (Å²) in [7, 11) is 0. The van der Waals surface area contributed by atoms with Crippen LogP contribution in [0, 0.1) is 6.92 Å². The Bertz CT molecular complexity index is 664. The molecule has 0 atom stereocenters. The average Bonchev–Trinajstić information content (AvgIpc) is 2.82. The van der Waals surface area contributed by atoms with Crippen LogP contribution in [0.4, 0.5) is 0 Å². The SMILES string of the molecule is Cc1ccc(CN)c(-c2cc3ccccc3o2)c1. The van der Waals surface area contributed by atoms with Crippen molar-refractivity contribution in [2.45, 2.75) is 13.5 Å². The van der Waals surface area contributed by atoms with E-state index in [1.807, 2.05) is 18.2 Å². The van der Waals surface area contributed by atoms with E-state index >= 15 is 0 Å². The van der Waals surface area contributed by atoms with Crippen LogP contribution in [0.2, 0.25) is 0 Å². The maximum Gasteiger partial charge on any atom is 0.135 e. The van der Waals surface area contributed by atoms with Gasteiger partial charge in [0.25, 0.3) is 0 Å². The molecule has 18 heavy (non-hydrogen) atoms. The first-order valence-electron chi connectivity index (χ1n) is 6.06. The quantitative estimate of drug-likeness (QED) is 0.735. The van der Waals surface area contributed by atoms with E-state index in [0.29, 0.717) is 6.54 Å². The minimum absolute atomic E-state index is 0.520. The molecule has 0 aliphatic rings. The largest absolute Gasteiger partial charge is 0.456 e. The van der Waals surface area contributed by atoms with Crippen molar-refractivity contribution in [3.05, 3.63) is 59.7 Å². The zero-order chi connectivity index (χ0) is 12.5. The number of para-hydroxylation sites is 1. The molecule has 0 unspecified atom stereocenters. The summed E-state index contributed by atoms with van der Waals surface area (Å²) in [6, 6.07) is 16.4. The molecule has 3 rings (SSSR count). The van der Waals surface area contributed by atoms with E-state index in [1.54, 1.807) is 0 Å². The van der Waals surface area contributed by atoms with Gasteiger partial charge in [0.1, 0.15) is 11.3 Å². The summed E-state index contributed by atoms with van der Waals surface area (Å²) in [4.78, 5) is 0. The third kappa shape index (κ3) is 1.81. The fourth-order valence-corrected chi connectivity index (χ4v) is 2.21. The van der Waals surface area contributed by atoms with E-state index < -0.39 is 0 Å². The van der Waals surface area contributed by atoms with Gasteiger partial charge in [0, 0.05) is 17.5 Å². The van der Waals surface area contributed by atoms with E-state index in [1.165, 1.54) is 5.56 Å². The summed E-state index contributed by atoms with van der Waals surface area (Å²) in [5.41, 5.74) is 10.1. The summed E-state index contributed by atoms with van der Waals surface area (Å²) in [6.07, 6.45) is 0. The minimum atomic E-state index is 0.520. The Labute approximate surface area is 106 Å². The highest BCUT2D eigenvalue weighted by atomic mass is 16.3. The van der Waals surface area contributed by atoms with Crippen LogP contribution in [0.5, 0.6) is 0 Å². The molecule has 0 radical (unpaired) electrons. The van der Waals surface area contributed by atoms with Crippen LogP contribution >= 0.6 is 0 Å². The van der Waals surface area contributed by atoms with Gasteiger partial charge in [-0.3, -0.25) is 0 Å². The normalized spacial score (nSPS) is 11.0. The fraction of sp³-hybridized carbons (Fsp3) is 0.125. The first kappa shape index (κ1) is 11.1. The third-order valence-electron chi connectivity index (χ3n) is 3.18. The van der Waals surface area contributed by atoms with Gasteiger partial charge in [0.05, 0.1) is 0 Å². The van der Waals surface area contributed by atoms with Gasteiger partial charge in [-0.2, -0.15) is 0 Å². The second-order valence-corrected chi connectivity index (χ2v) is 4.51. The predicted molar refractivity (Wildman–Crippen MR) is 74.3 cm³/mol. The van der Waals surface area contributed by atoms with Crippen molar-refractivity contribution in [2.75, 3.05) is 0 Å². The van der Waals surface area contributed by atoms with Crippen LogP contribution in [-0.2, 0) is 6.54 Å². The molecule has 0 saturated heterocycles. The predicted octanol–water partition coefficient (Wildman–Crippen LogP) is 3.87. The Morgan fingerprint density at radius 2 is 1.89 bits per heavy atom. The van der Waals surface area contributed by atoms with Crippen LogP contribution in [0.1, 0.15) is 11.1 Å². The van der Waals surface area contributed by atoms with E-state index in [0.717, 1.165) is 27.9 Å². The molecule has 0 aliphatic carbocycles. The van der Waals surface area contributed by atoms with Crippen molar-refractivity contribution in [3.8, 4) is 11.3 Å². The first-order chi connectivity index (χ1) is 8.78. The number of aryl methyl sites for hydroxylation is 1. The molecule has 0 fully saturated rings. The van der Waals surface area contributed by atoms with E-state index in [4.69, 9.17) is 10.2 Å². The number of rotatable bonds is 2. The number of nitrogens with two attached hydrogens (primary N) is 1. The van der Waals surface area contributed by atoms with Crippen LogP contribution in [0.3, 0.4) is 0 Å². The monoisotopic (exact) mass is 237 g/mol. The average molecular weight is 237 g/mol. The molecule has 0 aliphatic heterocycles.